The van der Waals surface area contributed by atoms with Crippen LogP contribution in [-0.2, 0) is 30.3 Å². The van der Waals surface area contributed by atoms with Crippen LogP contribution in [0, 0.1) is 16.9 Å². The molecule has 251 valence electrons. The number of fused-ring (bicyclic) bond motifs is 2. The van der Waals surface area contributed by atoms with E-state index in [0.29, 0.717) is 0 Å². The Bertz CT molecular complexity index is 1840. The number of carbonyl (C=O) groups is 1. The molecule has 3 aromatic carbocycles. The maximum Gasteiger partial charge on any atom is 0.164 e. The molecule has 5 nitrogen and oxygen atoms in total. The first-order valence-electron chi connectivity index (χ1n) is 16.5. The van der Waals surface area contributed by atoms with Crippen LogP contribution < -0.4 is 0 Å². The van der Waals surface area contributed by atoms with Crippen molar-refractivity contribution in [1.82, 2.24) is 9.97 Å². The van der Waals surface area contributed by atoms with Gasteiger partial charge in [0.15, 0.2) is 5.78 Å². The zero-order valence-electron chi connectivity index (χ0n) is 29.3. The average molecular weight is 810 g/mol. The number of ketones is 1. The van der Waals surface area contributed by atoms with Gasteiger partial charge in [-0.3, -0.25) is 9.78 Å². The van der Waals surface area contributed by atoms with Crippen molar-refractivity contribution in [3.63, 3.8) is 0 Å². The second kappa shape index (κ2) is 15.5. The summed E-state index contributed by atoms with van der Waals surface area (Å²) in [6.45, 7) is 18.8. The zero-order chi connectivity index (χ0) is 33.7. The van der Waals surface area contributed by atoms with Crippen molar-refractivity contribution in [3.8, 4) is 22.5 Å². The summed E-state index contributed by atoms with van der Waals surface area (Å²) in [5, 5.41) is 13.5. The fourth-order valence-electron chi connectivity index (χ4n) is 5.46. The maximum absolute atomic E-state index is 12.2. The van der Waals surface area contributed by atoms with Gasteiger partial charge in [0.25, 0.3) is 0 Å². The summed E-state index contributed by atoms with van der Waals surface area (Å²) in [4.78, 5) is 21.2. The topological polar surface area (TPSA) is 76.2 Å². The number of benzene rings is 3. The Morgan fingerprint density at radius 3 is 2.11 bits per heavy atom. The summed E-state index contributed by atoms with van der Waals surface area (Å²) in [5.41, 5.74) is 5.37. The molecule has 0 spiro atoms. The third kappa shape index (κ3) is 8.47. The number of aromatic nitrogens is 2. The van der Waals surface area contributed by atoms with Gasteiger partial charge in [-0.1, -0.05) is 91.5 Å². The summed E-state index contributed by atoms with van der Waals surface area (Å²) in [7, 11) is 0. The monoisotopic (exact) mass is 810 g/mol. The molecule has 0 fully saturated rings. The van der Waals surface area contributed by atoms with E-state index in [0.717, 1.165) is 64.6 Å². The van der Waals surface area contributed by atoms with E-state index in [9.17, 15) is 9.90 Å². The number of aliphatic hydroxyl groups is 1. The maximum atomic E-state index is 12.2. The van der Waals surface area contributed by atoms with Crippen LogP contribution in [0.1, 0.15) is 93.6 Å². The Hall–Kier alpha value is -3.60. The normalized spacial score (nSPS) is 12.4. The van der Waals surface area contributed by atoms with Gasteiger partial charge in [0.2, 0.25) is 0 Å². The Morgan fingerprint density at radius 2 is 1.47 bits per heavy atom. The quantitative estimate of drug-likeness (QED) is 0.0912. The van der Waals surface area contributed by atoms with E-state index in [1.54, 1.807) is 12.6 Å². The molecule has 5 rings (SSSR count). The first kappa shape index (κ1) is 37.9. The number of furan rings is 1. The smallest absolute Gasteiger partial charge is 0.164 e. The number of aliphatic hydroxyl groups excluding tert-OH is 1. The second-order valence-corrected chi connectivity index (χ2v) is 13.8. The van der Waals surface area contributed by atoms with Crippen LogP contribution in [0.25, 0.3) is 44.3 Å². The van der Waals surface area contributed by atoms with E-state index in [1.165, 1.54) is 17.0 Å². The van der Waals surface area contributed by atoms with Gasteiger partial charge < -0.3 is 9.52 Å². The van der Waals surface area contributed by atoms with Gasteiger partial charge in [-0.2, -0.15) is 0 Å². The fraction of sp³-hybridized carbons (Fsp3) is 0.390. The molecule has 0 aliphatic carbocycles. The molecule has 0 saturated carbocycles. The van der Waals surface area contributed by atoms with Gasteiger partial charge in [0.1, 0.15) is 17.7 Å². The summed E-state index contributed by atoms with van der Waals surface area (Å²) in [6.07, 6.45) is 8.09. The Morgan fingerprint density at radius 1 is 0.830 bits per heavy atom. The minimum Gasteiger partial charge on any atom is -0.512 e. The van der Waals surface area contributed by atoms with Crippen molar-refractivity contribution >= 4 is 27.5 Å². The number of hydrogen-bond donors (Lipinski definition) is 1. The molecule has 2 heterocycles. The fourth-order valence-corrected chi connectivity index (χ4v) is 5.46. The van der Waals surface area contributed by atoms with E-state index >= 15 is 0 Å². The summed E-state index contributed by atoms with van der Waals surface area (Å²) >= 11 is 0. The number of hydrogen-bond acceptors (Lipinski definition) is 5. The Kier molecular flexibility index (Phi) is 12.5. The van der Waals surface area contributed by atoms with E-state index < -0.39 is 0 Å². The summed E-state index contributed by atoms with van der Waals surface area (Å²) < 4.78 is 5.45. The van der Waals surface area contributed by atoms with Crippen molar-refractivity contribution in [1.29, 1.82) is 0 Å². The third-order valence-electron chi connectivity index (χ3n) is 9.88. The van der Waals surface area contributed by atoms with Gasteiger partial charge in [0.05, 0.1) is 12.0 Å². The number of nitrogens with zero attached hydrogens (tertiary/aromatic N) is 2. The number of allylic oxidation sites excluding steroid dienone is 2. The van der Waals surface area contributed by atoms with Crippen LogP contribution in [0.15, 0.2) is 89.5 Å². The molecule has 6 heteroatoms. The molecule has 5 aromatic rings. The number of rotatable bonds is 9. The molecule has 1 N–H and O–H groups in total. The van der Waals surface area contributed by atoms with Gasteiger partial charge in [-0.05, 0) is 61.4 Å². The van der Waals surface area contributed by atoms with Crippen LogP contribution >= 0.6 is 0 Å². The summed E-state index contributed by atoms with van der Waals surface area (Å²) in [5.74, 6) is 0.286. The molecule has 47 heavy (non-hydrogen) atoms. The Balaban J connectivity index is 0.000000290. The first-order chi connectivity index (χ1) is 21.8. The van der Waals surface area contributed by atoms with Crippen LogP contribution in [0.3, 0.4) is 0 Å². The molecule has 0 bridgehead atoms. The predicted octanol–water partition coefficient (Wildman–Crippen LogP) is 11.5. The third-order valence-corrected chi connectivity index (χ3v) is 9.88. The standard InChI is InChI=1S/C26H21N2O.C15H28O2.Ir/c1-26(2,3)22-14-20(12-17-6-4-5-7-21(17)22)24-15-23(27-16-28-24)18-8-9-25-19(13-18)10-11-29-25;1-7-14(5,8-2)12(16)11-13(17)15(6,9-3)10-4;/h4-11,13-16H,1-3H3;11,16H,7-10H2,1-6H3;/q-1;;/b;12-11-;. The average Bonchev–Trinajstić information content (AvgIpc) is 3.55. The summed E-state index contributed by atoms with van der Waals surface area (Å²) in [6, 6.07) is 24.3. The van der Waals surface area contributed by atoms with Crippen LogP contribution in [0.4, 0.5) is 0 Å². The molecule has 0 aliphatic heterocycles. The van der Waals surface area contributed by atoms with Crippen molar-refractivity contribution in [2.45, 2.75) is 93.4 Å². The minimum absolute atomic E-state index is 0. The first-order valence-corrected chi connectivity index (χ1v) is 16.5. The molecule has 0 unspecified atom stereocenters. The predicted molar refractivity (Wildman–Crippen MR) is 191 cm³/mol. The van der Waals surface area contributed by atoms with E-state index in [-0.39, 0.29) is 47.9 Å². The van der Waals surface area contributed by atoms with Gasteiger partial charge in [0, 0.05) is 53.7 Å². The molecule has 0 saturated heterocycles. The van der Waals surface area contributed by atoms with Crippen molar-refractivity contribution in [2.75, 3.05) is 0 Å². The second-order valence-electron chi connectivity index (χ2n) is 13.8. The molecule has 0 atom stereocenters. The van der Waals surface area contributed by atoms with Gasteiger partial charge in [-0.25, -0.2) is 4.98 Å². The van der Waals surface area contributed by atoms with Crippen molar-refractivity contribution in [3.05, 3.63) is 96.7 Å². The molecule has 0 amide bonds. The van der Waals surface area contributed by atoms with Gasteiger partial charge >= 0.3 is 0 Å². The molecular formula is C41H49IrN2O3-. The minimum atomic E-state index is -0.337. The molecule has 0 aliphatic rings. The number of carbonyl (C=O) groups excluding carboxylic acids is 1. The molecule has 1 radical (unpaired) electrons. The Labute approximate surface area is 294 Å². The largest absolute Gasteiger partial charge is 0.512 e. The van der Waals surface area contributed by atoms with Crippen molar-refractivity contribution in [2.24, 2.45) is 10.8 Å². The van der Waals surface area contributed by atoms with Crippen molar-refractivity contribution < 1.29 is 34.4 Å². The van der Waals surface area contributed by atoms with Crippen LogP contribution in [0.2, 0.25) is 0 Å². The molecular weight excluding hydrogens is 761 g/mol. The SMILES string of the molecule is CC(C)(C)c1cc(-c2cc(-c3ccc4occc4c3)ncn2)[c-]c2ccccc12.CCC(C)(CC)C(=O)/C=C(\O)C(C)(CC)CC.[Ir]. The van der Waals surface area contributed by atoms with E-state index in [1.807, 2.05) is 65.8 Å². The zero-order valence-corrected chi connectivity index (χ0v) is 31.7. The van der Waals surface area contributed by atoms with Gasteiger partial charge in [-0.15, -0.1) is 29.1 Å². The van der Waals surface area contributed by atoms with E-state index in [2.05, 4.69) is 73.2 Å². The van der Waals surface area contributed by atoms with Crippen LogP contribution in [-0.4, -0.2) is 20.9 Å². The molecule has 2 aromatic heterocycles. The van der Waals surface area contributed by atoms with Crippen LogP contribution in [0.5, 0.6) is 0 Å². The van der Waals surface area contributed by atoms with E-state index in [4.69, 9.17) is 4.42 Å².